The molecule has 100 valence electrons. The Morgan fingerprint density at radius 2 is 2.06 bits per heavy atom. The summed E-state index contributed by atoms with van der Waals surface area (Å²) in [4.78, 5) is 19.7. The summed E-state index contributed by atoms with van der Waals surface area (Å²) in [5.74, 6) is 1.09. The summed E-state index contributed by atoms with van der Waals surface area (Å²) in [6, 6.07) is 0. The van der Waals surface area contributed by atoms with E-state index < -0.39 is 0 Å². The van der Waals surface area contributed by atoms with Gasteiger partial charge in [0.05, 0.1) is 6.61 Å². The first-order valence-electron chi connectivity index (χ1n) is 6.24. The third kappa shape index (κ3) is 4.67. The zero-order chi connectivity index (χ0) is 13.2. The lowest BCUT2D eigenvalue weighted by molar-refractivity contribution is 0.225. The van der Waals surface area contributed by atoms with Crippen molar-refractivity contribution >= 4 is 11.9 Å². The van der Waals surface area contributed by atoms with Crippen molar-refractivity contribution in [2.24, 2.45) is 0 Å². The zero-order valence-electron chi connectivity index (χ0n) is 11.1. The zero-order valence-corrected chi connectivity index (χ0v) is 11.1. The van der Waals surface area contributed by atoms with Gasteiger partial charge in [-0.1, -0.05) is 19.9 Å². The van der Waals surface area contributed by atoms with Crippen LogP contribution in [0, 0.1) is 0 Å². The molecule has 1 N–H and O–H groups in total. The van der Waals surface area contributed by atoms with Crippen LogP contribution in [-0.2, 0) is 4.84 Å². The van der Waals surface area contributed by atoms with Crippen molar-refractivity contribution in [3.05, 3.63) is 19.0 Å². The Bertz CT molecular complexity index is 352. The van der Waals surface area contributed by atoms with Crippen LogP contribution in [0.2, 0.25) is 0 Å². The van der Waals surface area contributed by atoms with E-state index in [2.05, 4.69) is 45.8 Å². The third-order valence-corrected chi connectivity index (χ3v) is 2.19. The maximum absolute atomic E-state index is 5.08. The number of aromatic nitrogens is 3. The van der Waals surface area contributed by atoms with E-state index in [9.17, 15) is 0 Å². The SMILES string of the molecule is C=CCONc1ncnc(N(CCC)CCC)n1. The van der Waals surface area contributed by atoms with Crippen molar-refractivity contribution in [2.75, 3.05) is 30.1 Å². The molecule has 0 aliphatic heterocycles. The van der Waals surface area contributed by atoms with Crippen LogP contribution in [0.15, 0.2) is 19.0 Å². The largest absolute Gasteiger partial charge is 0.341 e. The van der Waals surface area contributed by atoms with Crippen molar-refractivity contribution in [1.29, 1.82) is 0 Å². The molecule has 6 nitrogen and oxygen atoms in total. The summed E-state index contributed by atoms with van der Waals surface area (Å²) >= 11 is 0. The van der Waals surface area contributed by atoms with Crippen LogP contribution in [0.1, 0.15) is 26.7 Å². The highest BCUT2D eigenvalue weighted by molar-refractivity contribution is 5.34. The average Bonchev–Trinajstić information content (AvgIpc) is 2.39. The van der Waals surface area contributed by atoms with Crippen molar-refractivity contribution in [3.8, 4) is 0 Å². The van der Waals surface area contributed by atoms with E-state index in [1.54, 1.807) is 6.08 Å². The van der Waals surface area contributed by atoms with Crippen LogP contribution in [0.25, 0.3) is 0 Å². The molecule has 0 radical (unpaired) electrons. The molecule has 0 amide bonds. The molecule has 1 rings (SSSR count). The van der Waals surface area contributed by atoms with Gasteiger partial charge in [0.15, 0.2) is 0 Å². The lowest BCUT2D eigenvalue weighted by Gasteiger charge is -2.21. The van der Waals surface area contributed by atoms with Crippen molar-refractivity contribution in [2.45, 2.75) is 26.7 Å². The number of anilines is 2. The van der Waals surface area contributed by atoms with E-state index in [4.69, 9.17) is 4.84 Å². The van der Waals surface area contributed by atoms with Crippen LogP contribution < -0.4 is 10.4 Å². The average molecular weight is 251 g/mol. The highest BCUT2D eigenvalue weighted by Gasteiger charge is 2.08. The summed E-state index contributed by atoms with van der Waals surface area (Å²) in [7, 11) is 0. The molecule has 0 unspecified atom stereocenters. The van der Waals surface area contributed by atoms with Crippen molar-refractivity contribution < 1.29 is 4.84 Å². The molecule has 0 atom stereocenters. The van der Waals surface area contributed by atoms with Gasteiger partial charge in [0.25, 0.3) is 5.95 Å². The first kappa shape index (κ1) is 14.4. The van der Waals surface area contributed by atoms with Gasteiger partial charge in [-0.2, -0.15) is 9.97 Å². The van der Waals surface area contributed by atoms with Gasteiger partial charge >= 0.3 is 0 Å². The Hall–Kier alpha value is -1.69. The molecule has 1 aromatic heterocycles. The molecule has 0 spiro atoms. The van der Waals surface area contributed by atoms with Crippen LogP contribution in [-0.4, -0.2) is 34.6 Å². The second-order valence-electron chi connectivity index (χ2n) is 3.80. The first-order valence-corrected chi connectivity index (χ1v) is 6.24. The molecular weight excluding hydrogens is 230 g/mol. The fourth-order valence-electron chi connectivity index (χ4n) is 1.51. The standard InChI is InChI=1S/C12H21N5O/c1-4-7-17(8-5-2)12-14-10-13-11(15-12)16-18-9-6-3/h6,10H,3-5,7-9H2,1-2H3,(H,13,14,15,16). The monoisotopic (exact) mass is 251 g/mol. The number of nitrogens with one attached hydrogen (secondary N) is 1. The van der Waals surface area contributed by atoms with Crippen LogP contribution in [0.5, 0.6) is 0 Å². The van der Waals surface area contributed by atoms with Gasteiger partial charge in [0.1, 0.15) is 6.33 Å². The van der Waals surface area contributed by atoms with Gasteiger partial charge < -0.3 is 4.90 Å². The van der Waals surface area contributed by atoms with Crippen molar-refractivity contribution in [1.82, 2.24) is 15.0 Å². The molecule has 0 saturated carbocycles. The Morgan fingerprint density at radius 1 is 1.33 bits per heavy atom. The van der Waals surface area contributed by atoms with Crippen LogP contribution in [0.4, 0.5) is 11.9 Å². The minimum Gasteiger partial charge on any atom is -0.341 e. The van der Waals surface area contributed by atoms with Crippen molar-refractivity contribution in [3.63, 3.8) is 0 Å². The number of hydrogen-bond donors (Lipinski definition) is 1. The quantitative estimate of drug-likeness (QED) is 0.411. The molecular formula is C12H21N5O. The van der Waals surface area contributed by atoms with E-state index in [-0.39, 0.29) is 0 Å². The van der Waals surface area contributed by atoms with Gasteiger partial charge in [0, 0.05) is 13.1 Å². The normalized spacial score (nSPS) is 10.1. The molecule has 6 heteroatoms. The smallest absolute Gasteiger partial charge is 0.251 e. The summed E-state index contributed by atoms with van der Waals surface area (Å²) < 4.78 is 0. The Morgan fingerprint density at radius 3 is 2.67 bits per heavy atom. The summed E-state index contributed by atoms with van der Waals surface area (Å²) in [6.07, 6.45) is 5.25. The summed E-state index contributed by atoms with van der Waals surface area (Å²) in [5, 5.41) is 0. The first-order chi connectivity index (χ1) is 8.81. The maximum Gasteiger partial charge on any atom is 0.251 e. The van der Waals surface area contributed by atoms with E-state index in [0.717, 1.165) is 25.9 Å². The minimum absolute atomic E-state index is 0.397. The fraction of sp³-hybridized carbons (Fsp3) is 0.583. The van der Waals surface area contributed by atoms with Gasteiger partial charge in [-0.05, 0) is 12.8 Å². The predicted octanol–water partition coefficient (Wildman–Crippen LogP) is 2.03. The van der Waals surface area contributed by atoms with Gasteiger partial charge in [-0.15, -0.1) is 6.58 Å². The van der Waals surface area contributed by atoms with Gasteiger partial charge in [-0.25, -0.2) is 10.5 Å². The van der Waals surface area contributed by atoms with E-state index in [1.165, 1.54) is 6.33 Å². The second-order valence-corrected chi connectivity index (χ2v) is 3.80. The highest BCUT2D eigenvalue weighted by Crippen LogP contribution is 2.09. The molecule has 0 fully saturated rings. The third-order valence-electron chi connectivity index (χ3n) is 2.19. The predicted molar refractivity (Wildman–Crippen MR) is 72.4 cm³/mol. The Kier molecular flexibility index (Phi) is 6.71. The Labute approximate surface area is 108 Å². The number of rotatable bonds is 9. The van der Waals surface area contributed by atoms with E-state index in [1.807, 2.05) is 0 Å². The van der Waals surface area contributed by atoms with Crippen LogP contribution in [0.3, 0.4) is 0 Å². The second kappa shape index (κ2) is 8.41. The lowest BCUT2D eigenvalue weighted by Crippen LogP contribution is -2.27. The molecule has 0 aromatic carbocycles. The maximum atomic E-state index is 5.08. The fourth-order valence-corrected chi connectivity index (χ4v) is 1.51. The molecule has 0 aliphatic carbocycles. The van der Waals surface area contributed by atoms with E-state index in [0.29, 0.717) is 18.5 Å². The lowest BCUT2D eigenvalue weighted by atomic mass is 10.4. The van der Waals surface area contributed by atoms with Crippen LogP contribution >= 0.6 is 0 Å². The molecule has 0 saturated heterocycles. The summed E-state index contributed by atoms with van der Waals surface area (Å²) in [6.45, 7) is 10.1. The van der Waals surface area contributed by atoms with E-state index >= 15 is 0 Å². The number of nitrogens with zero attached hydrogens (tertiary/aromatic N) is 4. The highest BCUT2D eigenvalue weighted by atomic mass is 16.6. The van der Waals surface area contributed by atoms with Gasteiger partial charge in [-0.3, -0.25) is 4.84 Å². The number of hydrogen-bond acceptors (Lipinski definition) is 6. The molecule has 18 heavy (non-hydrogen) atoms. The molecule has 1 aromatic rings. The molecule has 0 aliphatic rings. The summed E-state index contributed by atoms with van der Waals surface area (Å²) in [5.41, 5.74) is 2.66. The minimum atomic E-state index is 0.397. The topological polar surface area (TPSA) is 63.2 Å². The Balaban J connectivity index is 2.68. The molecule has 1 heterocycles. The van der Waals surface area contributed by atoms with Gasteiger partial charge in [0.2, 0.25) is 5.95 Å². The molecule has 0 bridgehead atoms.